The summed E-state index contributed by atoms with van der Waals surface area (Å²) >= 11 is 0. The Hall–Kier alpha value is -3.74. The fourth-order valence-electron chi connectivity index (χ4n) is 3.23. The lowest BCUT2D eigenvalue weighted by Gasteiger charge is -2.06. The molecule has 3 heteroatoms. The Labute approximate surface area is 184 Å². The fourth-order valence-corrected chi connectivity index (χ4v) is 5.00. The Balaban J connectivity index is 1.62. The van der Waals surface area contributed by atoms with Crippen molar-refractivity contribution in [3.8, 4) is 22.3 Å². The lowest BCUT2D eigenvalue weighted by molar-refractivity contribution is 0.102. The van der Waals surface area contributed by atoms with E-state index in [0.717, 1.165) is 16.7 Å². The molecule has 150 valence electrons. The molecule has 0 saturated heterocycles. The van der Waals surface area contributed by atoms with E-state index >= 15 is 0 Å². The van der Waals surface area contributed by atoms with Crippen molar-refractivity contribution in [2.45, 2.75) is 4.90 Å². The van der Waals surface area contributed by atoms with E-state index in [2.05, 4.69) is 11.2 Å². The van der Waals surface area contributed by atoms with Crippen LogP contribution in [-0.2, 0) is 14.1 Å². The van der Waals surface area contributed by atoms with Crippen molar-refractivity contribution in [3.63, 3.8) is 0 Å². The molecule has 0 aliphatic heterocycles. The standard InChI is InChI=1S/C28H21O2S/c29-28(26-18-16-25(17-19-26)24-12-6-2-7-13-24)22-31(30,27-14-8-3-9-15-27)21-20-23-10-4-1-5-11-23/h1-19H,22H2/q+1. The first-order chi connectivity index (χ1) is 15.1. The molecule has 0 bridgehead atoms. The smallest absolute Gasteiger partial charge is 0.213 e. The van der Waals surface area contributed by atoms with E-state index in [1.165, 1.54) is 0 Å². The van der Waals surface area contributed by atoms with E-state index in [1.807, 2.05) is 91.0 Å². The minimum atomic E-state index is -2.89. The molecule has 0 saturated carbocycles. The summed E-state index contributed by atoms with van der Waals surface area (Å²) in [5, 5.41) is 2.92. The first-order valence-corrected chi connectivity index (χ1v) is 11.7. The van der Waals surface area contributed by atoms with Gasteiger partial charge in [0, 0.05) is 11.1 Å². The minimum Gasteiger partial charge on any atom is -0.289 e. The fraction of sp³-hybridized carbons (Fsp3) is 0.0357. The number of ketones is 1. The van der Waals surface area contributed by atoms with Gasteiger partial charge in [-0.2, -0.15) is 0 Å². The molecule has 0 radical (unpaired) electrons. The minimum absolute atomic E-state index is 0.151. The van der Waals surface area contributed by atoms with E-state index in [4.69, 9.17) is 0 Å². The van der Waals surface area contributed by atoms with Gasteiger partial charge in [0.25, 0.3) is 0 Å². The summed E-state index contributed by atoms with van der Waals surface area (Å²) in [5.74, 6) is 2.66. The molecular weight excluding hydrogens is 400 g/mol. The summed E-state index contributed by atoms with van der Waals surface area (Å²) in [7, 11) is -2.89. The SMILES string of the molecule is O=C(C[S+](=O)(C#Cc1ccccc1)c1ccccc1)c1ccc(-c2ccccc2)cc1. The molecule has 2 nitrogen and oxygen atoms in total. The van der Waals surface area contributed by atoms with Gasteiger partial charge in [-0.1, -0.05) is 95.2 Å². The lowest BCUT2D eigenvalue weighted by atomic mass is 10.0. The van der Waals surface area contributed by atoms with Crippen LogP contribution in [0.2, 0.25) is 0 Å². The Bertz CT molecular complexity index is 1270. The number of hydrogen-bond acceptors (Lipinski definition) is 2. The molecule has 0 N–H and O–H groups in total. The molecule has 0 fully saturated rings. The van der Waals surface area contributed by atoms with Crippen molar-refractivity contribution in [2.24, 2.45) is 0 Å². The van der Waals surface area contributed by atoms with E-state index < -0.39 is 9.93 Å². The highest BCUT2D eigenvalue weighted by molar-refractivity contribution is 8.07. The highest BCUT2D eigenvalue weighted by atomic mass is 32.2. The number of benzene rings is 4. The predicted molar refractivity (Wildman–Crippen MR) is 127 cm³/mol. The van der Waals surface area contributed by atoms with Crippen LogP contribution in [0.25, 0.3) is 11.1 Å². The van der Waals surface area contributed by atoms with Gasteiger partial charge in [-0.05, 0) is 41.3 Å². The second-order valence-corrected chi connectivity index (χ2v) is 9.41. The maximum absolute atomic E-state index is 13.8. The van der Waals surface area contributed by atoms with Crippen LogP contribution in [0.1, 0.15) is 15.9 Å². The van der Waals surface area contributed by atoms with Crippen molar-refractivity contribution < 1.29 is 9.00 Å². The van der Waals surface area contributed by atoms with Crippen molar-refractivity contribution in [1.29, 1.82) is 0 Å². The van der Waals surface area contributed by atoms with Crippen LogP contribution >= 0.6 is 0 Å². The molecule has 0 spiro atoms. The monoisotopic (exact) mass is 421 g/mol. The topological polar surface area (TPSA) is 34.1 Å². The maximum atomic E-state index is 13.8. The third kappa shape index (κ3) is 5.06. The summed E-state index contributed by atoms with van der Waals surface area (Å²) in [6.45, 7) is 0. The van der Waals surface area contributed by atoms with Crippen LogP contribution in [0.4, 0.5) is 0 Å². The highest BCUT2D eigenvalue weighted by Gasteiger charge is 2.33. The van der Waals surface area contributed by atoms with Crippen molar-refractivity contribution in [3.05, 3.63) is 126 Å². The number of rotatable bonds is 5. The van der Waals surface area contributed by atoms with Gasteiger partial charge in [0.15, 0.2) is 15.9 Å². The summed E-state index contributed by atoms with van der Waals surface area (Å²) < 4.78 is 13.8. The van der Waals surface area contributed by atoms with Gasteiger partial charge in [0.2, 0.25) is 15.7 Å². The molecule has 0 aromatic heterocycles. The van der Waals surface area contributed by atoms with Gasteiger partial charge in [-0.25, -0.2) is 0 Å². The van der Waals surface area contributed by atoms with E-state index in [0.29, 0.717) is 10.5 Å². The van der Waals surface area contributed by atoms with Gasteiger partial charge >= 0.3 is 0 Å². The molecule has 0 aliphatic carbocycles. The molecule has 1 atom stereocenters. The van der Waals surface area contributed by atoms with Gasteiger partial charge in [-0.15, -0.1) is 0 Å². The van der Waals surface area contributed by atoms with Crippen LogP contribution < -0.4 is 0 Å². The number of carbonyl (C=O) groups excluding carboxylic acids is 1. The predicted octanol–water partition coefficient (Wildman–Crippen LogP) is 6.10. The molecule has 0 heterocycles. The van der Waals surface area contributed by atoms with Crippen LogP contribution in [0, 0.1) is 11.2 Å². The summed E-state index contributed by atoms with van der Waals surface area (Å²) in [5.41, 5.74) is 3.42. The van der Waals surface area contributed by atoms with Gasteiger partial charge in [-0.3, -0.25) is 4.79 Å². The number of Topliss-reactive ketones (excluding diaryl/α,β-unsaturated/α-hetero) is 1. The van der Waals surface area contributed by atoms with Gasteiger partial charge < -0.3 is 0 Å². The average molecular weight is 422 g/mol. The molecule has 1 unspecified atom stereocenters. The first kappa shape index (κ1) is 20.5. The van der Waals surface area contributed by atoms with Crippen molar-refractivity contribution >= 4 is 15.7 Å². The molecule has 4 rings (SSSR count). The summed E-state index contributed by atoms with van der Waals surface area (Å²) in [4.78, 5) is 13.6. The Morgan fingerprint density at radius 1 is 0.645 bits per heavy atom. The van der Waals surface area contributed by atoms with Crippen LogP contribution in [0.15, 0.2) is 120 Å². The zero-order valence-corrected chi connectivity index (χ0v) is 17.7. The molecule has 0 amide bonds. The van der Waals surface area contributed by atoms with Crippen LogP contribution in [0.3, 0.4) is 0 Å². The zero-order valence-electron chi connectivity index (χ0n) is 16.9. The third-order valence-corrected chi connectivity index (χ3v) is 7.04. The highest BCUT2D eigenvalue weighted by Crippen LogP contribution is 2.23. The quantitative estimate of drug-likeness (QED) is 0.221. The second-order valence-electron chi connectivity index (χ2n) is 7.09. The molecule has 0 aliphatic rings. The first-order valence-electron chi connectivity index (χ1n) is 9.97. The summed E-state index contributed by atoms with van der Waals surface area (Å²) in [6.07, 6.45) is 0. The maximum Gasteiger partial charge on any atom is 0.213 e. The zero-order chi connectivity index (χ0) is 21.5. The Kier molecular flexibility index (Phi) is 6.21. The van der Waals surface area contributed by atoms with Gasteiger partial charge in [0.05, 0.1) is 0 Å². The Morgan fingerprint density at radius 3 is 1.77 bits per heavy atom. The van der Waals surface area contributed by atoms with E-state index in [9.17, 15) is 9.00 Å². The van der Waals surface area contributed by atoms with E-state index in [-0.39, 0.29) is 11.5 Å². The molecule has 4 aromatic carbocycles. The van der Waals surface area contributed by atoms with Crippen LogP contribution in [-0.4, -0.2) is 11.5 Å². The molecule has 4 aromatic rings. The lowest BCUT2D eigenvalue weighted by Crippen LogP contribution is -2.21. The third-order valence-electron chi connectivity index (χ3n) is 4.91. The summed E-state index contributed by atoms with van der Waals surface area (Å²) in [6, 6.07) is 35.8. The van der Waals surface area contributed by atoms with Crippen LogP contribution in [0.5, 0.6) is 0 Å². The van der Waals surface area contributed by atoms with Crippen molar-refractivity contribution in [1.82, 2.24) is 0 Å². The number of hydrogen-bond donors (Lipinski definition) is 0. The normalized spacial score (nSPS) is 12.3. The molecule has 31 heavy (non-hydrogen) atoms. The van der Waals surface area contributed by atoms with Crippen molar-refractivity contribution in [2.75, 3.05) is 5.75 Å². The average Bonchev–Trinajstić information content (AvgIpc) is 2.85. The molecular formula is C28H21O2S+. The second kappa shape index (κ2) is 9.38. The largest absolute Gasteiger partial charge is 0.289 e. The Morgan fingerprint density at radius 2 is 1.16 bits per heavy atom. The van der Waals surface area contributed by atoms with E-state index in [1.54, 1.807) is 24.3 Å². The van der Waals surface area contributed by atoms with Gasteiger partial charge in [0.1, 0.15) is 0 Å². The number of carbonyl (C=O) groups is 1.